The van der Waals surface area contributed by atoms with Gasteiger partial charge in [-0.3, -0.25) is 4.98 Å². The van der Waals surface area contributed by atoms with Crippen LogP contribution in [0.4, 0.5) is 0 Å². The van der Waals surface area contributed by atoms with Gasteiger partial charge in [0.25, 0.3) is 0 Å². The zero-order valence-corrected chi connectivity index (χ0v) is 9.09. The second-order valence-electron chi connectivity index (χ2n) is 3.46. The van der Waals surface area contributed by atoms with Crippen LogP contribution in [-0.4, -0.2) is 14.5 Å². The van der Waals surface area contributed by atoms with E-state index in [0.717, 1.165) is 16.6 Å². The molecule has 0 saturated carbocycles. The van der Waals surface area contributed by atoms with Gasteiger partial charge in [0.15, 0.2) is 0 Å². The van der Waals surface area contributed by atoms with E-state index >= 15 is 0 Å². The zero-order chi connectivity index (χ0) is 11.0. The summed E-state index contributed by atoms with van der Waals surface area (Å²) >= 11 is 6.00. The maximum atomic E-state index is 6.00. The number of halogens is 1. The summed E-state index contributed by atoms with van der Waals surface area (Å²) in [4.78, 5) is 8.34. The van der Waals surface area contributed by atoms with Gasteiger partial charge in [0, 0.05) is 29.0 Å². The molecule has 4 heteroatoms. The lowest BCUT2D eigenvalue weighted by Gasteiger charge is -2.06. The van der Waals surface area contributed by atoms with E-state index in [4.69, 9.17) is 11.6 Å². The number of pyridine rings is 1. The summed E-state index contributed by atoms with van der Waals surface area (Å²) in [7, 11) is 0. The molecule has 0 N–H and O–H groups in total. The quantitative estimate of drug-likeness (QED) is 0.642. The van der Waals surface area contributed by atoms with Gasteiger partial charge in [0.05, 0.1) is 17.5 Å². The highest BCUT2D eigenvalue weighted by Gasteiger charge is 2.03. The second-order valence-corrected chi connectivity index (χ2v) is 3.90. The molecule has 0 unspecified atom stereocenters. The van der Waals surface area contributed by atoms with Gasteiger partial charge < -0.3 is 4.57 Å². The van der Waals surface area contributed by atoms with Crippen LogP contribution in [0, 0.1) is 0 Å². The van der Waals surface area contributed by atoms with Gasteiger partial charge in [0.2, 0.25) is 0 Å². The molecule has 0 aliphatic heterocycles. The first-order chi connectivity index (χ1) is 7.84. The van der Waals surface area contributed by atoms with Crippen molar-refractivity contribution < 1.29 is 0 Å². The fourth-order valence-electron chi connectivity index (χ4n) is 1.73. The van der Waals surface area contributed by atoms with Crippen LogP contribution in [0.3, 0.4) is 0 Å². The molecule has 0 fully saturated rings. The van der Waals surface area contributed by atoms with Crippen LogP contribution in [-0.2, 0) is 0 Å². The third kappa shape index (κ3) is 1.46. The van der Waals surface area contributed by atoms with E-state index in [1.54, 1.807) is 18.7 Å². The summed E-state index contributed by atoms with van der Waals surface area (Å²) in [6, 6.07) is 7.62. The number of hydrogen-bond donors (Lipinski definition) is 0. The van der Waals surface area contributed by atoms with E-state index in [1.165, 1.54) is 0 Å². The maximum absolute atomic E-state index is 6.00. The van der Waals surface area contributed by atoms with Gasteiger partial charge >= 0.3 is 0 Å². The third-order valence-electron chi connectivity index (χ3n) is 2.46. The van der Waals surface area contributed by atoms with Gasteiger partial charge in [-0.25, -0.2) is 4.98 Å². The zero-order valence-electron chi connectivity index (χ0n) is 8.34. The summed E-state index contributed by atoms with van der Waals surface area (Å²) < 4.78 is 1.94. The van der Waals surface area contributed by atoms with Crippen LogP contribution in [0.5, 0.6) is 0 Å². The molecule has 0 amide bonds. The fraction of sp³-hybridized carbons (Fsp3) is 0. The van der Waals surface area contributed by atoms with Gasteiger partial charge in [-0.05, 0) is 24.3 Å². The lowest BCUT2D eigenvalue weighted by atomic mass is 10.2. The van der Waals surface area contributed by atoms with Crippen LogP contribution in [0.15, 0.2) is 49.2 Å². The van der Waals surface area contributed by atoms with Crippen LogP contribution in [0.1, 0.15) is 0 Å². The SMILES string of the molecule is Clc1ccc2nccc(-n3ccnc3)c2c1. The Kier molecular flexibility index (Phi) is 2.11. The third-order valence-corrected chi connectivity index (χ3v) is 2.70. The van der Waals surface area contributed by atoms with Crippen LogP contribution in [0.2, 0.25) is 5.02 Å². The summed E-state index contributed by atoms with van der Waals surface area (Å²) in [5, 5.41) is 1.73. The number of fused-ring (bicyclic) bond motifs is 1. The average Bonchev–Trinajstić information content (AvgIpc) is 2.81. The molecule has 0 aliphatic rings. The smallest absolute Gasteiger partial charge is 0.0991 e. The number of nitrogens with zero attached hydrogens (tertiary/aromatic N) is 3. The number of benzene rings is 1. The van der Waals surface area contributed by atoms with Crippen molar-refractivity contribution in [1.82, 2.24) is 14.5 Å². The van der Waals surface area contributed by atoms with Crippen molar-refractivity contribution in [1.29, 1.82) is 0 Å². The van der Waals surface area contributed by atoms with Crippen LogP contribution in [0.25, 0.3) is 16.6 Å². The van der Waals surface area contributed by atoms with Gasteiger partial charge in [0.1, 0.15) is 0 Å². The van der Waals surface area contributed by atoms with Crippen molar-refractivity contribution in [3.05, 3.63) is 54.2 Å². The van der Waals surface area contributed by atoms with Crippen molar-refractivity contribution in [3.63, 3.8) is 0 Å². The molecule has 3 nitrogen and oxygen atoms in total. The van der Waals surface area contributed by atoms with E-state index in [0.29, 0.717) is 5.02 Å². The minimum Gasteiger partial charge on any atom is -0.306 e. The van der Waals surface area contributed by atoms with Crippen LogP contribution >= 0.6 is 11.6 Å². The minimum absolute atomic E-state index is 0.710. The summed E-state index contributed by atoms with van der Waals surface area (Å²) in [6.07, 6.45) is 7.19. The Hall–Kier alpha value is -1.87. The molecule has 2 aromatic heterocycles. The van der Waals surface area contributed by atoms with E-state index in [-0.39, 0.29) is 0 Å². The molecule has 0 aliphatic carbocycles. The number of imidazole rings is 1. The summed E-state index contributed by atoms with van der Waals surface area (Å²) in [5.41, 5.74) is 1.96. The number of rotatable bonds is 1. The van der Waals surface area contributed by atoms with E-state index < -0.39 is 0 Å². The fourth-order valence-corrected chi connectivity index (χ4v) is 1.90. The van der Waals surface area contributed by atoms with Gasteiger partial charge in [-0.2, -0.15) is 0 Å². The second kappa shape index (κ2) is 3.61. The highest BCUT2D eigenvalue weighted by atomic mass is 35.5. The van der Waals surface area contributed by atoms with Crippen LogP contribution < -0.4 is 0 Å². The normalized spacial score (nSPS) is 10.8. The van der Waals surface area contributed by atoms with Crippen molar-refractivity contribution in [2.45, 2.75) is 0 Å². The predicted octanol–water partition coefficient (Wildman–Crippen LogP) is 3.07. The number of aromatic nitrogens is 3. The lowest BCUT2D eigenvalue weighted by Crippen LogP contribution is -1.92. The Morgan fingerprint density at radius 3 is 2.88 bits per heavy atom. The molecule has 1 aromatic carbocycles. The average molecular weight is 230 g/mol. The van der Waals surface area contributed by atoms with Crippen molar-refractivity contribution in [2.24, 2.45) is 0 Å². The van der Waals surface area contributed by atoms with E-state index in [1.807, 2.05) is 35.0 Å². The monoisotopic (exact) mass is 229 g/mol. The molecule has 0 bridgehead atoms. The maximum Gasteiger partial charge on any atom is 0.0991 e. The van der Waals surface area contributed by atoms with E-state index in [9.17, 15) is 0 Å². The topological polar surface area (TPSA) is 30.7 Å². The Balaban J connectivity index is 2.36. The Bertz CT molecular complexity index is 632. The molecule has 0 saturated heterocycles. The van der Waals surface area contributed by atoms with E-state index in [2.05, 4.69) is 9.97 Å². The highest BCUT2D eigenvalue weighted by Crippen LogP contribution is 2.23. The van der Waals surface area contributed by atoms with Gasteiger partial charge in [-0.1, -0.05) is 11.6 Å². The first-order valence-corrected chi connectivity index (χ1v) is 5.25. The van der Waals surface area contributed by atoms with Crippen molar-refractivity contribution in [2.75, 3.05) is 0 Å². The summed E-state index contributed by atoms with van der Waals surface area (Å²) in [6.45, 7) is 0. The summed E-state index contributed by atoms with van der Waals surface area (Å²) in [5.74, 6) is 0. The first-order valence-electron chi connectivity index (χ1n) is 4.87. The molecule has 0 atom stereocenters. The highest BCUT2D eigenvalue weighted by molar-refractivity contribution is 6.31. The van der Waals surface area contributed by atoms with Crippen molar-refractivity contribution >= 4 is 22.5 Å². The van der Waals surface area contributed by atoms with Gasteiger partial charge in [-0.15, -0.1) is 0 Å². The molecule has 3 aromatic rings. The largest absolute Gasteiger partial charge is 0.306 e. The molecule has 3 rings (SSSR count). The lowest BCUT2D eigenvalue weighted by molar-refractivity contribution is 1.06. The number of hydrogen-bond acceptors (Lipinski definition) is 2. The molecular formula is C12H8ClN3. The molecule has 0 spiro atoms. The first kappa shape index (κ1) is 9.36. The molecule has 2 heterocycles. The predicted molar refractivity (Wildman–Crippen MR) is 63.9 cm³/mol. The molecule has 16 heavy (non-hydrogen) atoms. The minimum atomic E-state index is 0.710. The standard InChI is InChI=1S/C12H8ClN3/c13-9-1-2-11-10(7-9)12(3-4-15-11)16-6-5-14-8-16/h1-8H. The molecular weight excluding hydrogens is 222 g/mol. The Labute approximate surface area is 97.3 Å². The Morgan fingerprint density at radius 2 is 2.06 bits per heavy atom. The van der Waals surface area contributed by atoms with Crippen molar-refractivity contribution in [3.8, 4) is 5.69 Å². The Morgan fingerprint density at radius 1 is 1.12 bits per heavy atom. The molecule has 0 radical (unpaired) electrons. The molecule has 78 valence electrons.